The number of rotatable bonds is 4. The molecule has 0 bridgehead atoms. The summed E-state index contributed by atoms with van der Waals surface area (Å²) in [4.78, 5) is 22.4. The molecule has 0 amide bonds. The van der Waals surface area contributed by atoms with E-state index in [0.717, 1.165) is 19.3 Å². The molecule has 15 heavy (non-hydrogen) atoms. The summed E-state index contributed by atoms with van der Waals surface area (Å²) in [6, 6.07) is 0. The smallest absolute Gasteiger partial charge is 0.310 e. The number of carbonyl (C=O) groups is 2. The van der Waals surface area contributed by atoms with Gasteiger partial charge in [-0.05, 0) is 19.3 Å². The Kier molecular flexibility index (Phi) is 3.72. The van der Waals surface area contributed by atoms with Gasteiger partial charge >= 0.3 is 11.9 Å². The highest BCUT2D eigenvalue weighted by Gasteiger charge is 2.49. The molecule has 2 unspecified atom stereocenters. The van der Waals surface area contributed by atoms with Gasteiger partial charge in [-0.15, -0.1) is 0 Å². The summed E-state index contributed by atoms with van der Waals surface area (Å²) in [6.07, 6.45) is 3.86. The Morgan fingerprint density at radius 1 is 1.33 bits per heavy atom. The molecule has 4 heteroatoms. The predicted octanol–water partition coefficient (Wildman–Crippen LogP) is 2.13. The molecule has 1 saturated carbocycles. The van der Waals surface area contributed by atoms with E-state index in [1.54, 1.807) is 0 Å². The molecule has 1 rings (SSSR count). The molecule has 0 spiro atoms. The van der Waals surface area contributed by atoms with Crippen LogP contribution in [0.1, 0.15) is 45.4 Å². The van der Waals surface area contributed by atoms with E-state index >= 15 is 0 Å². The predicted molar refractivity (Wildman–Crippen MR) is 54.6 cm³/mol. The lowest BCUT2D eigenvalue weighted by Gasteiger charge is -2.38. The lowest BCUT2D eigenvalue weighted by molar-refractivity contribution is -0.166. The third-order valence-electron chi connectivity index (χ3n) is 3.45. The maximum absolute atomic E-state index is 11.3. The van der Waals surface area contributed by atoms with Crippen LogP contribution in [0.15, 0.2) is 0 Å². The normalized spacial score (nSPS) is 31.1. The zero-order valence-corrected chi connectivity index (χ0v) is 9.03. The molecule has 0 aromatic heterocycles. The van der Waals surface area contributed by atoms with Crippen LogP contribution in [0.2, 0.25) is 0 Å². The fourth-order valence-corrected chi connectivity index (χ4v) is 2.71. The van der Waals surface area contributed by atoms with E-state index in [2.05, 4.69) is 0 Å². The first-order chi connectivity index (χ1) is 7.04. The van der Waals surface area contributed by atoms with E-state index in [0.29, 0.717) is 19.3 Å². The summed E-state index contributed by atoms with van der Waals surface area (Å²) in [5.41, 5.74) is -1.02. The third kappa shape index (κ3) is 2.13. The van der Waals surface area contributed by atoms with Gasteiger partial charge in [-0.2, -0.15) is 0 Å². The highest BCUT2D eigenvalue weighted by Crippen LogP contribution is 2.45. The average Bonchev–Trinajstić information content (AvgIpc) is 2.18. The monoisotopic (exact) mass is 214 g/mol. The van der Waals surface area contributed by atoms with Crippen molar-refractivity contribution in [3.05, 3.63) is 0 Å². The van der Waals surface area contributed by atoms with E-state index < -0.39 is 23.3 Å². The van der Waals surface area contributed by atoms with Crippen LogP contribution in [0.5, 0.6) is 0 Å². The van der Waals surface area contributed by atoms with Crippen LogP contribution in [-0.2, 0) is 9.59 Å². The SMILES string of the molecule is CCCC1(C(=O)O)CCCCC1C(=O)O. The van der Waals surface area contributed by atoms with Crippen molar-refractivity contribution in [1.29, 1.82) is 0 Å². The van der Waals surface area contributed by atoms with E-state index in [1.165, 1.54) is 0 Å². The van der Waals surface area contributed by atoms with Crippen molar-refractivity contribution in [3.8, 4) is 0 Å². The first-order valence-corrected chi connectivity index (χ1v) is 5.51. The minimum absolute atomic E-state index is 0.472. The molecule has 0 radical (unpaired) electrons. The lowest BCUT2D eigenvalue weighted by atomic mass is 9.64. The number of hydrogen-bond donors (Lipinski definition) is 2. The first kappa shape index (κ1) is 12.0. The highest BCUT2D eigenvalue weighted by molar-refractivity contribution is 5.83. The molecule has 0 saturated heterocycles. The van der Waals surface area contributed by atoms with Crippen LogP contribution < -0.4 is 0 Å². The molecular formula is C11H18O4. The zero-order valence-electron chi connectivity index (χ0n) is 9.03. The summed E-state index contributed by atoms with van der Waals surface area (Å²) in [6.45, 7) is 1.90. The second-order valence-corrected chi connectivity index (χ2v) is 4.35. The maximum atomic E-state index is 11.3. The van der Waals surface area contributed by atoms with Gasteiger partial charge in [-0.3, -0.25) is 9.59 Å². The number of aliphatic carboxylic acids is 2. The van der Waals surface area contributed by atoms with Crippen molar-refractivity contribution >= 4 is 11.9 Å². The van der Waals surface area contributed by atoms with Gasteiger partial charge in [0.15, 0.2) is 0 Å². The fraction of sp³-hybridized carbons (Fsp3) is 0.818. The zero-order chi connectivity index (χ0) is 11.5. The van der Waals surface area contributed by atoms with Gasteiger partial charge in [0.25, 0.3) is 0 Å². The quantitative estimate of drug-likeness (QED) is 0.751. The highest BCUT2D eigenvalue weighted by atomic mass is 16.4. The largest absolute Gasteiger partial charge is 0.481 e. The fourth-order valence-electron chi connectivity index (χ4n) is 2.71. The van der Waals surface area contributed by atoms with Crippen molar-refractivity contribution in [2.24, 2.45) is 11.3 Å². The summed E-state index contributed by atoms with van der Waals surface area (Å²) in [7, 11) is 0. The maximum Gasteiger partial charge on any atom is 0.310 e. The van der Waals surface area contributed by atoms with E-state index in [9.17, 15) is 14.7 Å². The number of hydrogen-bond acceptors (Lipinski definition) is 2. The minimum atomic E-state index is -1.02. The molecule has 1 aliphatic rings. The van der Waals surface area contributed by atoms with E-state index in [-0.39, 0.29) is 0 Å². The van der Waals surface area contributed by atoms with Gasteiger partial charge < -0.3 is 10.2 Å². The summed E-state index contributed by atoms with van der Waals surface area (Å²) >= 11 is 0. The standard InChI is InChI=1S/C11H18O4/c1-2-6-11(10(14)15)7-4-3-5-8(11)9(12)13/h8H,2-7H2,1H3,(H,12,13)(H,14,15). The molecule has 0 aromatic carbocycles. The molecule has 1 aliphatic carbocycles. The van der Waals surface area contributed by atoms with Crippen molar-refractivity contribution in [2.45, 2.75) is 45.4 Å². The minimum Gasteiger partial charge on any atom is -0.481 e. The van der Waals surface area contributed by atoms with Crippen molar-refractivity contribution in [3.63, 3.8) is 0 Å². The van der Waals surface area contributed by atoms with Crippen LogP contribution in [0, 0.1) is 11.3 Å². The first-order valence-electron chi connectivity index (χ1n) is 5.51. The second kappa shape index (κ2) is 4.64. The molecular weight excluding hydrogens is 196 g/mol. The Balaban J connectivity index is 2.98. The van der Waals surface area contributed by atoms with Crippen LogP contribution in [0.25, 0.3) is 0 Å². The Hall–Kier alpha value is -1.06. The molecule has 0 aromatic rings. The molecule has 2 N–H and O–H groups in total. The molecule has 86 valence electrons. The Morgan fingerprint density at radius 2 is 2.00 bits per heavy atom. The molecule has 0 heterocycles. The van der Waals surface area contributed by atoms with Gasteiger partial charge in [0.05, 0.1) is 11.3 Å². The summed E-state index contributed by atoms with van der Waals surface area (Å²) < 4.78 is 0. The van der Waals surface area contributed by atoms with Crippen LogP contribution in [0.4, 0.5) is 0 Å². The van der Waals surface area contributed by atoms with Crippen molar-refractivity contribution < 1.29 is 19.8 Å². The lowest BCUT2D eigenvalue weighted by Crippen LogP contribution is -2.44. The topological polar surface area (TPSA) is 74.6 Å². The van der Waals surface area contributed by atoms with E-state index in [4.69, 9.17) is 5.11 Å². The second-order valence-electron chi connectivity index (χ2n) is 4.35. The third-order valence-corrected chi connectivity index (χ3v) is 3.45. The Labute approximate surface area is 89.3 Å². The molecule has 2 atom stereocenters. The van der Waals surface area contributed by atoms with Gasteiger partial charge in [0.1, 0.15) is 0 Å². The summed E-state index contributed by atoms with van der Waals surface area (Å²) in [5, 5.41) is 18.4. The molecule has 4 nitrogen and oxygen atoms in total. The summed E-state index contributed by atoms with van der Waals surface area (Å²) in [5.74, 6) is -2.59. The Bertz CT molecular complexity index is 257. The van der Waals surface area contributed by atoms with Crippen LogP contribution in [-0.4, -0.2) is 22.2 Å². The molecule has 1 fully saturated rings. The van der Waals surface area contributed by atoms with Gasteiger partial charge in [0.2, 0.25) is 0 Å². The molecule has 0 aliphatic heterocycles. The average molecular weight is 214 g/mol. The number of carboxylic acid groups (broad SMARTS) is 2. The van der Waals surface area contributed by atoms with E-state index in [1.807, 2.05) is 6.92 Å². The van der Waals surface area contributed by atoms with Gasteiger partial charge in [-0.1, -0.05) is 26.2 Å². The Morgan fingerprint density at radius 3 is 2.47 bits per heavy atom. The van der Waals surface area contributed by atoms with Crippen molar-refractivity contribution in [1.82, 2.24) is 0 Å². The van der Waals surface area contributed by atoms with Crippen molar-refractivity contribution in [2.75, 3.05) is 0 Å². The van der Waals surface area contributed by atoms with Crippen LogP contribution in [0.3, 0.4) is 0 Å². The van der Waals surface area contributed by atoms with Crippen LogP contribution >= 0.6 is 0 Å². The van der Waals surface area contributed by atoms with Gasteiger partial charge in [0, 0.05) is 0 Å². The number of carboxylic acids is 2. The van der Waals surface area contributed by atoms with Gasteiger partial charge in [-0.25, -0.2) is 0 Å².